The molecule has 2 N–H and O–H groups in total. The molecule has 2 atom stereocenters. The Morgan fingerprint density at radius 1 is 1.19 bits per heavy atom. The first-order chi connectivity index (χ1) is 12.6. The van der Waals surface area contributed by atoms with Gasteiger partial charge in [0, 0.05) is 19.0 Å². The van der Waals surface area contributed by atoms with Crippen molar-refractivity contribution in [2.24, 2.45) is 0 Å². The maximum Gasteiger partial charge on any atom is 0.322 e. The molecule has 136 valence electrons. The van der Waals surface area contributed by atoms with E-state index in [1.807, 2.05) is 18.2 Å². The summed E-state index contributed by atoms with van der Waals surface area (Å²) in [6.07, 6.45) is -0.110. The van der Waals surface area contributed by atoms with Crippen molar-refractivity contribution in [1.82, 2.24) is 4.90 Å². The van der Waals surface area contributed by atoms with Gasteiger partial charge in [-0.05, 0) is 36.2 Å². The molecule has 1 saturated heterocycles. The number of nitrogens with zero attached hydrogens (tertiary/aromatic N) is 1. The number of fused-ring (bicyclic) bond motifs is 1. The summed E-state index contributed by atoms with van der Waals surface area (Å²) in [6, 6.07) is 11.2. The molecule has 0 saturated carbocycles. The van der Waals surface area contributed by atoms with Crippen molar-refractivity contribution < 1.29 is 23.8 Å². The van der Waals surface area contributed by atoms with E-state index in [2.05, 4.69) is 5.32 Å². The van der Waals surface area contributed by atoms with Crippen LogP contribution in [0.4, 0.5) is 14.9 Å². The highest BCUT2D eigenvalue weighted by atomic mass is 19.1. The van der Waals surface area contributed by atoms with Crippen LogP contribution < -0.4 is 14.8 Å². The zero-order chi connectivity index (χ0) is 18.1. The third-order valence-electron chi connectivity index (χ3n) is 4.81. The Morgan fingerprint density at radius 3 is 2.81 bits per heavy atom. The van der Waals surface area contributed by atoms with Gasteiger partial charge in [-0.3, -0.25) is 0 Å². The van der Waals surface area contributed by atoms with Gasteiger partial charge in [0.05, 0.1) is 11.8 Å². The maximum atomic E-state index is 13.7. The number of urea groups is 1. The van der Waals surface area contributed by atoms with E-state index in [1.165, 1.54) is 17.0 Å². The minimum absolute atomic E-state index is 0.0954. The third-order valence-corrected chi connectivity index (χ3v) is 4.81. The summed E-state index contributed by atoms with van der Waals surface area (Å²) in [5, 5.41) is 13.1. The van der Waals surface area contributed by atoms with Crippen molar-refractivity contribution in [3.8, 4) is 11.5 Å². The summed E-state index contributed by atoms with van der Waals surface area (Å²) in [6.45, 7) is 0.853. The zero-order valence-electron chi connectivity index (χ0n) is 14.0. The first kappa shape index (κ1) is 16.7. The molecule has 2 heterocycles. The van der Waals surface area contributed by atoms with Crippen LogP contribution >= 0.6 is 0 Å². The fourth-order valence-electron chi connectivity index (χ4n) is 3.41. The minimum Gasteiger partial charge on any atom is -0.454 e. The Morgan fingerprint density at radius 2 is 2.00 bits per heavy atom. The van der Waals surface area contributed by atoms with Crippen molar-refractivity contribution in [3.63, 3.8) is 0 Å². The van der Waals surface area contributed by atoms with Crippen LogP contribution in [0.2, 0.25) is 0 Å². The quantitative estimate of drug-likeness (QED) is 0.866. The van der Waals surface area contributed by atoms with Crippen LogP contribution in [0.5, 0.6) is 11.5 Å². The van der Waals surface area contributed by atoms with Crippen molar-refractivity contribution in [1.29, 1.82) is 0 Å². The van der Waals surface area contributed by atoms with Crippen molar-refractivity contribution in [2.75, 3.05) is 25.2 Å². The summed E-state index contributed by atoms with van der Waals surface area (Å²) in [5.74, 6) is 0.790. The highest BCUT2D eigenvalue weighted by Gasteiger charge is 2.32. The van der Waals surface area contributed by atoms with Crippen LogP contribution in [-0.2, 0) is 0 Å². The fourth-order valence-corrected chi connectivity index (χ4v) is 3.41. The molecule has 2 aliphatic heterocycles. The van der Waals surface area contributed by atoms with Gasteiger partial charge < -0.3 is 24.8 Å². The highest BCUT2D eigenvalue weighted by Crippen LogP contribution is 2.37. The second-order valence-corrected chi connectivity index (χ2v) is 6.43. The number of ether oxygens (including phenoxy) is 2. The fraction of sp³-hybridized carbons (Fsp3) is 0.316. The number of β-amino-alcohol motifs (C(OH)–C–C–N with tert-alkyl or cyclic N) is 1. The molecular weight excluding hydrogens is 339 g/mol. The summed E-state index contributed by atoms with van der Waals surface area (Å²) in [4.78, 5) is 13.9. The second-order valence-electron chi connectivity index (χ2n) is 6.43. The van der Waals surface area contributed by atoms with Crippen LogP contribution in [0.15, 0.2) is 42.5 Å². The van der Waals surface area contributed by atoms with Gasteiger partial charge in [0.2, 0.25) is 6.79 Å². The van der Waals surface area contributed by atoms with Crippen molar-refractivity contribution >= 4 is 11.7 Å². The number of hydrogen-bond donors (Lipinski definition) is 2. The number of hydrogen-bond acceptors (Lipinski definition) is 4. The van der Waals surface area contributed by atoms with E-state index in [4.69, 9.17) is 9.47 Å². The number of halogens is 1. The maximum absolute atomic E-state index is 13.7. The average molecular weight is 358 g/mol. The highest BCUT2D eigenvalue weighted by molar-refractivity contribution is 5.89. The number of aliphatic hydroxyl groups excluding tert-OH is 1. The Labute approximate surface area is 150 Å². The molecule has 7 heteroatoms. The first-order valence-corrected chi connectivity index (χ1v) is 8.50. The van der Waals surface area contributed by atoms with Crippen molar-refractivity contribution in [2.45, 2.75) is 18.4 Å². The number of benzene rings is 2. The molecule has 2 amide bonds. The Balaban J connectivity index is 1.42. The standard InChI is InChI=1S/C19H19FN2O4/c20-14-3-1-2-4-15(14)21-19(24)22-8-7-13(16(23)10-22)12-5-6-17-18(9-12)26-11-25-17/h1-6,9,13,16,23H,7-8,10-11H2,(H,21,24)/t13-,16+/m0/s1. The molecule has 0 aliphatic carbocycles. The molecule has 2 aromatic rings. The third kappa shape index (κ3) is 3.17. The largest absolute Gasteiger partial charge is 0.454 e. The number of carbonyl (C=O) groups excluding carboxylic acids is 1. The van der Waals surface area contributed by atoms with E-state index in [0.29, 0.717) is 24.5 Å². The van der Waals surface area contributed by atoms with E-state index < -0.39 is 18.0 Å². The van der Waals surface area contributed by atoms with E-state index in [9.17, 15) is 14.3 Å². The summed E-state index contributed by atoms with van der Waals surface area (Å²) in [7, 11) is 0. The number of carbonyl (C=O) groups is 1. The molecule has 0 aromatic heterocycles. The Hall–Kier alpha value is -2.80. The predicted octanol–water partition coefficient (Wildman–Crippen LogP) is 2.94. The van der Waals surface area contributed by atoms with Gasteiger partial charge in [0.15, 0.2) is 11.5 Å². The number of para-hydroxylation sites is 1. The minimum atomic E-state index is -0.713. The molecule has 0 spiro atoms. The van der Waals surface area contributed by atoms with Gasteiger partial charge in [0.1, 0.15) is 5.82 Å². The summed E-state index contributed by atoms with van der Waals surface area (Å²) >= 11 is 0. The Bertz CT molecular complexity index is 829. The van der Waals surface area contributed by atoms with Gasteiger partial charge in [-0.25, -0.2) is 9.18 Å². The molecule has 0 bridgehead atoms. The van der Waals surface area contributed by atoms with Gasteiger partial charge in [-0.15, -0.1) is 0 Å². The monoisotopic (exact) mass is 358 g/mol. The lowest BCUT2D eigenvalue weighted by molar-refractivity contribution is 0.0687. The van der Waals surface area contributed by atoms with Crippen LogP contribution in [0.1, 0.15) is 17.9 Å². The molecule has 0 unspecified atom stereocenters. The number of piperidine rings is 1. The SMILES string of the molecule is O=C(Nc1ccccc1F)N1CC[C@@H](c2ccc3c(c2)OCO3)[C@H](O)C1. The van der Waals surface area contributed by atoms with Crippen molar-refractivity contribution in [3.05, 3.63) is 53.8 Å². The predicted molar refractivity (Wildman–Crippen MR) is 92.9 cm³/mol. The number of anilines is 1. The van der Waals surface area contributed by atoms with Gasteiger partial charge in [-0.2, -0.15) is 0 Å². The second kappa shape index (κ2) is 6.84. The number of nitrogens with one attached hydrogen (secondary N) is 1. The van der Waals surface area contributed by atoms with Crippen LogP contribution in [0, 0.1) is 5.82 Å². The molecule has 4 rings (SSSR count). The molecule has 0 radical (unpaired) electrons. The zero-order valence-corrected chi connectivity index (χ0v) is 14.0. The first-order valence-electron chi connectivity index (χ1n) is 8.50. The molecular formula is C19H19FN2O4. The topological polar surface area (TPSA) is 71.0 Å². The normalized spacial score (nSPS) is 21.5. The van der Waals surface area contributed by atoms with Crippen LogP contribution in [0.3, 0.4) is 0 Å². The molecule has 2 aromatic carbocycles. The van der Waals surface area contributed by atoms with Crippen LogP contribution in [0.25, 0.3) is 0 Å². The van der Waals surface area contributed by atoms with Crippen LogP contribution in [-0.4, -0.2) is 42.0 Å². The molecule has 2 aliphatic rings. The summed E-state index contributed by atoms with van der Waals surface area (Å²) in [5.41, 5.74) is 1.08. The van der Waals surface area contributed by atoms with E-state index >= 15 is 0 Å². The van der Waals surface area contributed by atoms with E-state index in [0.717, 1.165) is 5.56 Å². The lowest BCUT2D eigenvalue weighted by Crippen LogP contribution is -2.47. The van der Waals surface area contributed by atoms with Gasteiger partial charge in [-0.1, -0.05) is 18.2 Å². The number of rotatable bonds is 2. The van der Waals surface area contributed by atoms with E-state index in [1.54, 1.807) is 12.1 Å². The molecule has 26 heavy (non-hydrogen) atoms. The number of aliphatic hydroxyl groups is 1. The summed E-state index contributed by atoms with van der Waals surface area (Å²) < 4.78 is 24.4. The Kier molecular flexibility index (Phi) is 4.38. The average Bonchev–Trinajstić information content (AvgIpc) is 3.11. The number of amides is 2. The van der Waals surface area contributed by atoms with Gasteiger partial charge >= 0.3 is 6.03 Å². The van der Waals surface area contributed by atoms with E-state index in [-0.39, 0.29) is 24.9 Å². The molecule has 6 nitrogen and oxygen atoms in total. The molecule has 1 fully saturated rings. The lowest BCUT2D eigenvalue weighted by atomic mass is 9.87. The lowest BCUT2D eigenvalue weighted by Gasteiger charge is -2.36. The number of likely N-dealkylation sites (tertiary alicyclic amines) is 1. The smallest absolute Gasteiger partial charge is 0.322 e. The van der Waals surface area contributed by atoms with Gasteiger partial charge in [0.25, 0.3) is 0 Å².